The van der Waals surface area contributed by atoms with Crippen LogP contribution in [-0.2, 0) is 9.47 Å². The van der Waals surface area contributed by atoms with Gasteiger partial charge in [-0.1, -0.05) is 6.07 Å². The number of carbonyl (C=O) groups is 1. The first-order chi connectivity index (χ1) is 9.33. The molecule has 2 aromatic rings. The first-order valence-electron chi connectivity index (χ1n) is 6.37. The van der Waals surface area contributed by atoms with Gasteiger partial charge in [-0.25, -0.2) is 0 Å². The van der Waals surface area contributed by atoms with E-state index in [1.807, 2.05) is 30.5 Å². The Kier molecular flexibility index (Phi) is 3.48. The van der Waals surface area contributed by atoms with Gasteiger partial charge in [-0.05, 0) is 23.6 Å². The number of ether oxygens (including phenoxy) is 2. The smallest absolute Gasteiger partial charge is 0.251 e. The van der Waals surface area contributed by atoms with Gasteiger partial charge in [0.2, 0.25) is 0 Å². The van der Waals surface area contributed by atoms with Gasteiger partial charge < -0.3 is 19.8 Å². The molecule has 1 amide bonds. The molecular weight excluding hydrogens is 244 g/mol. The van der Waals surface area contributed by atoms with Gasteiger partial charge in [-0.2, -0.15) is 0 Å². The Bertz CT molecular complexity index is 573. The topological polar surface area (TPSA) is 63.4 Å². The first-order valence-corrected chi connectivity index (χ1v) is 6.37. The molecule has 2 heterocycles. The second-order valence-corrected chi connectivity index (χ2v) is 4.56. The molecule has 0 spiro atoms. The van der Waals surface area contributed by atoms with Crippen molar-refractivity contribution in [3.63, 3.8) is 0 Å². The lowest BCUT2D eigenvalue weighted by molar-refractivity contribution is -0.0855. The fraction of sp³-hybridized carbons (Fsp3) is 0.357. The number of aromatic nitrogens is 1. The molecule has 0 aliphatic carbocycles. The van der Waals surface area contributed by atoms with Crippen molar-refractivity contribution in [3.8, 4) is 0 Å². The van der Waals surface area contributed by atoms with Crippen LogP contribution in [0.15, 0.2) is 30.5 Å². The predicted molar refractivity (Wildman–Crippen MR) is 71.2 cm³/mol. The maximum Gasteiger partial charge on any atom is 0.251 e. The molecule has 0 bridgehead atoms. The number of nitrogens with one attached hydrogen (secondary N) is 2. The number of H-pyrrole nitrogens is 1. The molecule has 5 nitrogen and oxygen atoms in total. The number of aromatic amines is 1. The van der Waals surface area contributed by atoms with Crippen LogP contribution in [0.1, 0.15) is 10.4 Å². The average molecular weight is 260 g/mol. The molecule has 1 aromatic heterocycles. The Balaban J connectivity index is 1.62. The molecule has 1 aromatic carbocycles. The number of rotatable bonds is 3. The second-order valence-electron chi connectivity index (χ2n) is 4.56. The number of carbonyl (C=O) groups excluding carboxylic acids is 1. The molecule has 3 rings (SSSR count). The molecule has 1 unspecified atom stereocenters. The summed E-state index contributed by atoms with van der Waals surface area (Å²) in [5.41, 5.74) is 1.61. The summed E-state index contributed by atoms with van der Waals surface area (Å²) in [6.45, 7) is 2.24. The van der Waals surface area contributed by atoms with Crippen LogP contribution in [0.3, 0.4) is 0 Å². The molecular formula is C14H16N2O3. The Labute approximate surface area is 110 Å². The standard InChI is InChI=1S/C14H16N2O3/c17-14(16-8-12-9-18-5-6-19-12)11-2-1-10-3-4-15-13(10)7-11/h1-4,7,12,15H,5-6,8-9H2,(H,16,17). The number of amides is 1. The van der Waals surface area contributed by atoms with Gasteiger partial charge in [0.15, 0.2) is 0 Å². The highest BCUT2D eigenvalue weighted by Gasteiger charge is 2.15. The summed E-state index contributed by atoms with van der Waals surface area (Å²) in [5, 5.41) is 3.97. The summed E-state index contributed by atoms with van der Waals surface area (Å²) in [4.78, 5) is 15.1. The SMILES string of the molecule is O=C(NCC1COCCO1)c1ccc2cc[nH]c2c1. The normalized spacial score (nSPS) is 19.5. The molecule has 2 N–H and O–H groups in total. The maximum atomic E-state index is 12.0. The minimum atomic E-state index is -0.0920. The Hall–Kier alpha value is -1.85. The van der Waals surface area contributed by atoms with Crippen LogP contribution in [0.5, 0.6) is 0 Å². The van der Waals surface area contributed by atoms with Gasteiger partial charge in [-0.3, -0.25) is 4.79 Å². The quantitative estimate of drug-likeness (QED) is 0.874. The summed E-state index contributed by atoms with van der Waals surface area (Å²) in [7, 11) is 0. The lowest BCUT2D eigenvalue weighted by Gasteiger charge is -2.23. The minimum absolute atomic E-state index is 0.0491. The van der Waals surface area contributed by atoms with E-state index in [4.69, 9.17) is 9.47 Å². The van der Waals surface area contributed by atoms with Crippen molar-refractivity contribution in [3.05, 3.63) is 36.0 Å². The third-order valence-electron chi connectivity index (χ3n) is 3.19. The predicted octanol–water partition coefficient (Wildman–Crippen LogP) is 1.31. The Morgan fingerprint density at radius 2 is 2.32 bits per heavy atom. The molecule has 1 atom stereocenters. The molecule has 0 radical (unpaired) electrons. The third-order valence-corrected chi connectivity index (χ3v) is 3.19. The van der Waals surface area contributed by atoms with Gasteiger partial charge in [0, 0.05) is 23.8 Å². The summed E-state index contributed by atoms with van der Waals surface area (Å²) < 4.78 is 10.8. The van der Waals surface area contributed by atoms with Gasteiger partial charge in [0.1, 0.15) is 0 Å². The van der Waals surface area contributed by atoms with E-state index in [1.54, 1.807) is 0 Å². The lowest BCUT2D eigenvalue weighted by atomic mass is 10.1. The fourth-order valence-electron chi connectivity index (χ4n) is 2.15. The van der Waals surface area contributed by atoms with Crippen LogP contribution in [0, 0.1) is 0 Å². The van der Waals surface area contributed by atoms with Crippen molar-refractivity contribution in [2.75, 3.05) is 26.4 Å². The van der Waals surface area contributed by atoms with Crippen LogP contribution in [0.25, 0.3) is 10.9 Å². The van der Waals surface area contributed by atoms with Gasteiger partial charge >= 0.3 is 0 Å². The highest BCUT2D eigenvalue weighted by Crippen LogP contribution is 2.14. The van der Waals surface area contributed by atoms with Gasteiger partial charge in [0.25, 0.3) is 5.91 Å². The summed E-state index contributed by atoms with van der Waals surface area (Å²) in [6.07, 6.45) is 1.81. The minimum Gasteiger partial charge on any atom is -0.376 e. The Morgan fingerprint density at radius 1 is 1.37 bits per heavy atom. The molecule has 1 aliphatic heterocycles. The monoisotopic (exact) mass is 260 g/mol. The van der Waals surface area contributed by atoms with Gasteiger partial charge in [-0.15, -0.1) is 0 Å². The number of hydrogen-bond donors (Lipinski definition) is 2. The van der Waals surface area contributed by atoms with Crippen molar-refractivity contribution in [1.29, 1.82) is 0 Å². The molecule has 1 fully saturated rings. The first kappa shape index (κ1) is 12.2. The van der Waals surface area contributed by atoms with E-state index < -0.39 is 0 Å². The van der Waals surface area contributed by atoms with Crippen LogP contribution >= 0.6 is 0 Å². The largest absolute Gasteiger partial charge is 0.376 e. The zero-order valence-electron chi connectivity index (χ0n) is 10.5. The highest BCUT2D eigenvalue weighted by atomic mass is 16.6. The fourth-order valence-corrected chi connectivity index (χ4v) is 2.15. The van der Waals surface area contributed by atoms with Crippen molar-refractivity contribution >= 4 is 16.8 Å². The van der Waals surface area contributed by atoms with E-state index in [1.165, 1.54) is 0 Å². The van der Waals surface area contributed by atoms with Crippen LogP contribution in [0.2, 0.25) is 0 Å². The number of hydrogen-bond acceptors (Lipinski definition) is 3. The van der Waals surface area contributed by atoms with E-state index in [-0.39, 0.29) is 12.0 Å². The summed E-state index contributed by atoms with van der Waals surface area (Å²) in [6, 6.07) is 7.58. The molecule has 100 valence electrons. The number of fused-ring (bicyclic) bond motifs is 1. The molecule has 19 heavy (non-hydrogen) atoms. The molecule has 1 saturated heterocycles. The van der Waals surface area contributed by atoms with E-state index in [0.29, 0.717) is 31.9 Å². The van der Waals surface area contributed by atoms with E-state index in [2.05, 4.69) is 10.3 Å². The van der Waals surface area contributed by atoms with Crippen LogP contribution in [0.4, 0.5) is 0 Å². The summed E-state index contributed by atoms with van der Waals surface area (Å²) >= 11 is 0. The van der Waals surface area contributed by atoms with Crippen molar-refractivity contribution < 1.29 is 14.3 Å². The highest BCUT2D eigenvalue weighted by molar-refractivity contribution is 5.97. The number of benzene rings is 1. The molecule has 0 saturated carbocycles. The molecule has 1 aliphatic rings. The lowest BCUT2D eigenvalue weighted by Crippen LogP contribution is -2.39. The van der Waals surface area contributed by atoms with E-state index in [9.17, 15) is 4.79 Å². The van der Waals surface area contributed by atoms with E-state index in [0.717, 1.165) is 10.9 Å². The Morgan fingerprint density at radius 3 is 3.16 bits per heavy atom. The summed E-state index contributed by atoms with van der Waals surface area (Å²) in [5.74, 6) is -0.0920. The van der Waals surface area contributed by atoms with Crippen LogP contribution < -0.4 is 5.32 Å². The average Bonchev–Trinajstić information content (AvgIpc) is 2.93. The zero-order chi connectivity index (χ0) is 13.1. The van der Waals surface area contributed by atoms with Crippen molar-refractivity contribution in [2.45, 2.75) is 6.10 Å². The third kappa shape index (κ3) is 2.77. The van der Waals surface area contributed by atoms with Crippen molar-refractivity contribution in [2.24, 2.45) is 0 Å². The zero-order valence-corrected chi connectivity index (χ0v) is 10.5. The second kappa shape index (κ2) is 5.42. The van der Waals surface area contributed by atoms with Crippen LogP contribution in [-0.4, -0.2) is 43.4 Å². The molecule has 5 heteroatoms. The van der Waals surface area contributed by atoms with Gasteiger partial charge in [0.05, 0.1) is 25.9 Å². The maximum absolute atomic E-state index is 12.0. The van der Waals surface area contributed by atoms with Crippen molar-refractivity contribution in [1.82, 2.24) is 10.3 Å². The van der Waals surface area contributed by atoms with E-state index >= 15 is 0 Å².